The molecule has 3 N–H and O–H groups in total. The average Bonchev–Trinajstić information content (AvgIpc) is 2.87. The number of benzene rings is 1. The van der Waals surface area contributed by atoms with E-state index in [2.05, 4.69) is 10.2 Å². The third kappa shape index (κ3) is 2.77. The van der Waals surface area contributed by atoms with Gasteiger partial charge < -0.3 is 5.73 Å². The van der Waals surface area contributed by atoms with E-state index in [4.69, 9.17) is 5.73 Å². The normalized spacial score (nSPS) is 11.4. The van der Waals surface area contributed by atoms with Gasteiger partial charge in [0.05, 0.1) is 11.9 Å². The monoisotopic (exact) mass is 294 g/mol. The fourth-order valence-corrected chi connectivity index (χ4v) is 3.41. The summed E-state index contributed by atoms with van der Waals surface area (Å²) >= 11 is 0. The lowest BCUT2D eigenvalue weighted by atomic mass is 10.3. The smallest absolute Gasteiger partial charge is 0.269 e. The third-order valence-electron chi connectivity index (χ3n) is 2.96. The quantitative estimate of drug-likeness (QED) is 0.852. The summed E-state index contributed by atoms with van der Waals surface area (Å²) in [5, 5.41) is 6.15. The average molecular weight is 294 g/mol. The predicted molar refractivity (Wildman–Crippen MR) is 78.9 cm³/mol. The van der Waals surface area contributed by atoms with Crippen LogP contribution in [-0.4, -0.2) is 25.2 Å². The first-order chi connectivity index (χ1) is 9.57. The Morgan fingerprint density at radius 2 is 2.00 bits per heavy atom. The van der Waals surface area contributed by atoms with Gasteiger partial charge in [-0.3, -0.25) is 9.40 Å². The molecule has 0 amide bonds. The SMILES string of the molecule is CCCCN(c1ccccc1)S(=O)(=O)c1cn[nH]c1N. The lowest BCUT2D eigenvalue weighted by Gasteiger charge is -2.23. The van der Waals surface area contributed by atoms with Crippen LogP contribution in [0, 0.1) is 0 Å². The maximum absolute atomic E-state index is 12.7. The number of hydrogen-bond acceptors (Lipinski definition) is 4. The molecule has 0 bridgehead atoms. The van der Waals surface area contributed by atoms with Crippen molar-refractivity contribution in [2.45, 2.75) is 24.7 Å². The summed E-state index contributed by atoms with van der Waals surface area (Å²) in [6, 6.07) is 9.00. The summed E-state index contributed by atoms with van der Waals surface area (Å²) in [4.78, 5) is 0.0115. The first-order valence-electron chi connectivity index (χ1n) is 6.44. The van der Waals surface area contributed by atoms with Crippen molar-refractivity contribution < 1.29 is 8.42 Å². The number of nitrogens with two attached hydrogens (primary N) is 1. The van der Waals surface area contributed by atoms with Crippen molar-refractivity contribution in [3.63, 3.8) is 0 Å². The second kappa shape index (κ2) is 5.96. The molecule has 7 heteroatoms. The Bertz CT molecular complexity index is 652. The maximum atomic E-state index is 12.7. The van der Waals surface area contributed by atoms with Crippen LogP contribution in [0.1, 0.15) is 19.8 Å². The lowest BCUT2D eigenvalue weighted by molar-refractivity contribution is 0.589. The fourth-order valence-electron chi connectivity index (χ4n) is 1.89. The molecule has 2 aromatic rings. The Morgan fingerprint density at radius 3 is 2.55 bits per heavy atom. The molecule has 0 aliphatic rings. The van der Waals surface area contributed by atoms with E-state index < -0.39 is 10.0 Å². The number of nitrogens with zero attached hydrogens (tertiary/aromatic N) is 2. The number of H-pyrrole nitrogens is 1. The second-order valence-electron chi connectivity index (χ2n) is 4.41. The molecule has 0 aliphatic heterocycles. The summed E-state index contributed by atoms with van der Waals surface area (Å²) in [6.45, 7) is 2.43. The Morgan fingerprint density at radius 1 is 1.30 bits per heavy atom. The minimum absolute atomic E-state index is 0.0115. The van der Waals surface area contributed by atoms with E-state index in [0.29, 0.717) is 12.2 Å². The number of nitrogen functional groups attached to an aromatic ring is 1. The number of hydrogen-bond donors (Lipinski definition) is 2. The minimum atomic E-state index is -3.70. The van der Waals surface area contributed by atoms with E-state index >= 15 is 0 Å². The van der Waals surface area contributed by atoms with Crippen LogP contribution < -0.4 is 10.0 Å². The molecule has 1 aromatic carbocycles. The molecule has 2 rings (SSSR count). The Labute approximate surface area is 118 Å². The topological polar surface area (TPSA) is 92.1 Å². The van der Waals surface area contributed by atoms with Gasteiger partial charge in [-0.2, -0.15) is 5.10 Å². The van der Waals surface area contributed by atoms with Gasteiger partial charge in [0.25, 0.3) is 10.0 Å². The molecule has 0 unspecified atom stereocenters. The highest BCUT2D eigenvalue weighted by molar-refractivity contribution is 7.93. The number of para-hydroxylation sites is 1. The highest BCUT2D eigenvalue weighted by Gasteiger charge is 2.27. The van der Waals surface area contributed by atoms with Gasteiger partial charge in [0.15, 0.2) is 0 Å². The van der Waals surface area contributed by atoms with E-state index in [1.54, 1.807) is 12.1 Å². The van der Waals surface area contributed by atoms with Crippen molar-refractivity contribution in [2.24, 2.45) is 0 Å². The predicted octanol–water partition coefficient (Wildman–Crippen LogP) is 1.99. The van der Waals surface area contributed by atoms with Crippen LogP contribution in [-0.2, 0) is 10.0 Å². The zero-order valence-electron chi connectivity index (χ0n) is 11.3. The van der Waals surface area contributed by atoms with Crippen LogP contribution >= 0.6 is 0 Å². The molecule has 108 valence electrons. The standard InChI is InChI=1S/C13H18N4O2S/c1-2-3-9-17(11-7-5-4-6-8-11)20(18,19)12-10-15-16-13(12)14/h4-8,10H,2-3,9H2,1H3,(H3,14,15,16). The van der Waals surface area contributed by atoms with Crippen LogP contribution in [0.4, 0.5) is 11.5 Å². The van der Waals surface area contributed by atoms with Crippen LogP contribution in [0.2, 0.25) is 0 Å². The molecule has 0 radical (unpaired) electrons. The van der Waals surface area contributed by atoms with E-state index in [0.717, 1.165) is 12.8 Å². The Hall–Kier alpha value is -2.02. The minimum Gasteiger partial charge on any atom is -0.383 e. The molecule has 1 aromatic heterocycles. The van der Waals surface area contributed by atoms with Gasteiger partial charge in [-0.15, -0.1) is 0 Å². The number of aromatic amines is 1. The number of anilines is 2. The first-order valence-corrected chi connectivity index (χ1v) is 7.88. The second-order valence-corrected chi connectivity index (χ2v) is 6.24. The molecule has 0 spiro atoms. The van der Waals surface area contributed by atoms with Crippen LogP contribution in [0.5, 0.6) is 0 Å². The van der Waals surface area contributed by atoms with Crippen molar-refractivity contribution >= 4 is 21.5 Å². The van der Waals surface area contributed by atoms with Crippen LogP contribution in [0.3, 0.4) is 0 Å². The van der Waals surface area contributed by atoms with E-state index in [-0.39, 0.29) is 10.7 Å². The van der Waals surface area contributed by atoms with Gasteiger partial charge in [0.2, 0.25) is 0 Å². The van der Waals surface area contributed by atoms with Crippen molar-refractivity contribution in [1.29, 1.82) is 0 Å². The van der Waals surface area contributed by atoms with Crippen LogP contribution in [0.15, 0.2) is 41.4 Å². The fraction of sp³-hybridized carbons (Fsp3) is 0.308. The molecular formula is C13H18N4O2S. The van der Waals surface area contributed by atoms with E-state index in [9.17, 15) is 8.42 Å². The van der Waals surface area contributed by atoms with Gasteiger partial charge in [-0.1, -0.05) is 31.5 Å². The molecule has 20 heavy (non-hydrogen) atoms. The summed E-state index contributed by atoms with van der Waals surface area (Å²) in [6.07, 6.45) is 2.91. The lowest BCUT2D eigenvalue weighted by Crippen LogP contribution is -2.32. The van der Waals surface area contributed by atoms with Gasteiger partial charge in [-0.25, -0.2) is 8.42 Å². The zero-order chi connectivity index (χ0) is 14.6. The zero-order valence-corrected chi connectivity index (χ0v) is 12.1. The molecular weight excluding hydrogens is 276 g/mol. The van der Waals surface area contributed by atoms with Gasteiger partial charge in [0, 0.05) is 6.54 Å². The number of nitrogens with one attached hydrogen (secondary N) is 1. The molecule has 1 heterocycles. The largest absolute Gasteiger partial charge is 0.383 e. The molecule has 0 saturated heterocycles. The van der Waals surface area contributed by atoms with Crippen molar-refractivity contribution in [2.75, 3.05) is 16.6 Å². The summed E-state index contributed by atoms with van der Waals surface area (Å²) in [5.41, 5.74) is 6.27. The molecule has 0 fully saturated rings. The maximum Gasteiger partial charge on any atom is 0.269 e. The number of rotatable bonds is 6. The highest BCUT2D eigenvalue weighted by atomic mass is 32.2. The Kier molecular flexibility index (Phi) is 4.29. The van der Waals surface area contributed by atoms with Gasteiger partial charge in [-0.05, 0) is 18.6 Å². The van der Waals surface area contributed by atoms with Gasteiger partial charge >= 0.3 is 0 Å². The molecule has 0 atom stereocenters. The molecule has 0 saturated carbocycles. The van der Waals surface area contributed by atoms with Crippen molar-refractivity contribution in [1.82, 2.24) is 10.2 Å². The number of aromatic nitrogens is 2. The van der Waals surface area contributed by atoms with Gasteiger partial charge in [0.1, 0.15) is 10.7 Å². The first kappa shape index (κ1) is 14.4. The molecule has 6 nitrogen and oxygen atoms in total. The van der Waals surface area contributed by atoms with Crippen molar-refractivity contribution in [3.05, 3.63) is 36.5 Å². The molecule has 0 aliphatic carbocycles. The van der Waals surface area contributed by atoms with E-state index in [1.165, 1.54) is 10.5 Å². The van der Waals surface area contributed by atoms with E-state index in [1.807, 2.05) is 25.1 Å². The summed E-state index contributed by atoms with van der Waals surface area (Å²) in [7, 11) is -3.70. The van der Waals surface area contributed by atoms with Crippen LogP contribution in [0.25, 0.3) is 0 Å². The Balaban J connectivity index is 2.44. The summed E-state index contributed by atoms with van der Waals surface area (Å²) in [5.74, 6) is 0.0578. The highest BCUT2D eigenvalue weighted by Crippen LogP contribution is 2.26. The number of unbranched alkanes of at least 4 members (excludes halogenated alkanes) is 1. The number of sulfonamides is 1. The van der Waals surface area contributed by atoms with Crippen molar-refractivity contribution in [3.8, 4) is 0 Å². The third-order valence-corrected chi connectivity index (χ3v) is 4.81. The summed E-state index contributed by atoms with van der Waals surface area (Å²) < 4.78 is 26.8.